The normalized spacial score (nSPS) is 23.0. The quantitative estimate of drug-likeness (QED) is 0.680. The number of nitrogens with one attached hydrogen (secondary N) is 1. The number of nitro benzene ring substituents is 1. The van der Waals surface area contributed by atoms with E-state index >= 15 is 0 Å². The summed E-state index contributed by atoms with van der Waals surface area (Å²) in [6, 6.07) is 5.95. The van der Waals surface area contributed by atoms with Crippen LogP contribution in [0.25, 0.3) is 0 Å². The number of nitrogens with zero attached hydrogens (tertiary/aromatic N) is 1. The number of alkyl halides is 3. The zero-order valence-corrected chi connectivity index (χ0v) is 11.4. The highest BCUT2D eigenvalue weighted by Crippen LogP contribution is 2.37. The number of hydrogen-bond acceptors (Lipinski definition) is 3. The lowest BCUT2D eigenvalue weighted by Crippen LogP contribution is -2.38. The number of non-ortho nitro benzene ring substituents is 1. The number of benzene rings is 1. The minimum absolute atomic E-state index is 0.00823. The fourth-order valence-corrected chi connectivity index (χ4v) is 2.71. The average Bonchev–Trinajstić information content (AvgIpc) is 2.45. The van der Waals surface area contributed by atoms with Gasteiger partial charge < -0.3 is 5.32 Å². The van der Waals surface area contributed by atoms with Gasteiger partial charge in [-0.3, -0.25) is 10.1 Å². The van der Waals surface area contributed by atoms with Crippen molar-refractivity contribution < 1.29 is 18.1 Å². The van der Waals surface area contributed by atoms with E-state index in [9.17, 15) is 23.3 Å². The summed E-state index contributed by atoms with van der Waals surface area (Å²) >= 11 is 0. The predicted octanol–water partition coefficient (Wildman–Crippen LogP) is 3.81. The van der Waals surface area contributed by atoms with Crippen LogP contribution in [0, 0.1) is 16.0 Å². The predicted molar refractivity (Wildman–Crippen MR) is 71.7 cm³/mol. The molecule has 0 spiro atoms. The molecule has 1 N–H and O–H groups in total. The second-order valence-corrected chi connectivity index (χ2v) is 5.41. The third-order valence-corrected chi connectivity index (χ3v) is 3.85. The van der Waals surface area contributed by atoms with Crippen molar-refractivity contribution in [3.8, 4) is 0 Å². The van der Waals surface area contributed by atoms with Crippen LogP contribution >= 0.6 is 0 Å². The van der Waals surface area contributed by atoms with E-state index in [4.69, 9.17) is 0 Å². The molecule has 2 atom stereocenters. The van der Waals surface area contributed by atoms with Gasteiger partial charge >= 0.3 is 6.18 Å². The van der Waals surface area contributed by atoms with E-state index in [1.807, 2.05) is 0 Å². The maximum absolute atomic E-state index is 12.7. The molecule has 0 heterocycles. The van der Waals surface area contributed by atoms with E-state index in [1.54, 1.807) is 12.1 Å². The topological polar surface area (TPSA) is 55.2 Å². The highest BCUT2D eigenvalue weighted by atomic mass is 19.4. The van der Waals surface area contributed by atoms with Crippen molar-refractivity contribution in [3.05, 3.63) is 39.9 Å². The molecule has 116 valence electrons. The first kappa shape index (κ1) is 15.8. The van der Waals surface area contributed by atoms with Gasteiger partial charge in [-0.05, 0) is 24.8 Å². The summed E-state index contributed by atoms with van der Waals surface area (Å²) in [5.74, 6) is -1.24. The SMILES string of the molecule is O=[N+]([O-])c1cccc(CNC2CCCC(C(F)(F)F)C2)c1. The van der Waals surface area contributed by atoms with Crippen LogP contribution in [-0.2, 0) is 6.54 Å². The van der Waals surface area contributed by atoms with Gasteiger partial charge in [-0.1, -0.05) is 18.6 Å². The Hall–Kier alpha value is -1.63. The number of hydrogen-bond donors (Lipinski definition) is 1. The Balaban J connectivity index is 1.91. The first-order valence-electron chi connectivity index (χ1n) is 6.89. The number of nitro groups is 1. The first-order chi connectivity index (χ1) is 9.86. The molecule has 1 saturated carbocycles. The van der Waals surface area contributed by atoms with Crippen LogP contribution in [0.3, 0.4) is 0 Å². The van der Waals surface area contributed by atoms with Crippen molar-refractivity contribution in [1.82, 2.24) is 5.32 Å². The molecule has 1 fully saturated rings. The number of rotatable bonds is 4. The summed E-state index contributed by atoms with van der Waals surface area (Å²) in [5.41, 5.74) is 0.699. The molecule has 0 radical (unpaired) electrons. The molecule has 1 aliphatic carbocycles. The Bertz CT molecular complexity index is 505. The van der Waals surface area contributed by atoms with Gasteiger partial charge in [0.1, 0.15) is 0 Å². The van der Waals surface area contributed by atoms with E-state index in [2.05, 4.69) is 5.32 Å². The molecular formula is C14H17F3N2O2. The minimum Gasteiger partial charge on any atom is -0.310 e. The minimum atomic E-state index is -4.13. The first-order valence-corrected chi connectivity index (χ1v) is 6.89. The van der Waals surface area contributed by atoms with Crippen LogP contribution in [0.15, 0.2) is 24.3 Å². The van der Waals surface area contributed by atoms with Crippen molar-refractivity contribution in [2.24, 2.45) is 5.92 Å². The largest absolute Gasteiger partial charge is 0.391 e. The monoisotopic (exact) mass is 302 g/mol. The zero-order chi connectivity index (χ0) is 15.5. The van der Waals surface area contributed by atoms with E-state index in [0.29, 0.717) is 24.9 Å². The van der Waals surface area contributed by atoms with E-state index < -0.39 is 17.0 Å². The molecule has 2 unspecified atom stereocenters. The van der Waals surface area contributed by atoms with Crippen molar-refractivity contribution in [2.45, 2.75) is 44.4 Å². The molecule has 0 aliphatic heterocycles. The Morgan fingerprint density at radius 1 is 1.33 bits per heavy atom. The third kappa shape index (κ3) is 4.42. The van der Waals surface area contributed by atoms with Crippen molar-refractivity contribution in [1.29, 1.82) is 0 Å². The van der Waals surface area contributed by atoms with Gasteiger partial charge in [0.2, 0.25) is 0 Å². The van der Waals surface area contributed by atoms with Crippen LogP contribution in [-0.4, -0.2) is 17.1 Å². The van der Waals surface area contributed by atoms with Gasteiger partial charge in [0.05, 0.1) is 10.8 Å². The molecule has 0 aromatic heterocycles. The summed E-state index contributed by atoms with van der Waals surface area (Å²) < 4.78 is 38.2. The van der Waals surface area contributed by atoms with Crippen molar-refractivity contribution in [2.75, 3.05) is 0 Å². The fraction of sp³-hybridized carbons (Fsp3) is 0.571. The Kier molecular flexibility index (Phi) is 4.82. The fourth-order valence-electron chi connectivity index (χ4n) is 2.71. The molecule has 0 amide bonds. The summed E-state index contributed by atoms with van der Waals surface area (Å²) in [7, 11) is 0. The molecule has 0 bridgehead atoms. The van der Waals surface area contributed by atoms with E-state index in [0.717, 1.165) is 0 Å². The van der Waals surface area contributed by atoms with Crippen molar-refractivity contribution in [3.63, 3.8) is 0 Å². The lowest BCUT2D eigenvalue weighted by atomic mass is 9.85. The summed E-state index contributed by atoms with van der Waals surface area (Å²) in [6.45, 7) is 0.344. The van der Waals surface area contributed by atoms with Gasteiger partial charge in [-0.25, -0.2) is 0 Å². The molecule has 7 heteroatoms. The van der Waals surface area contributed by atoms with Gasteiger partial charge in [0.15, 0.2) is 0 Å². The Labute approximate surface area is 120 Å². The lowest BCUT2D eigenvalue weighted by molar-refractivity contribution is -0.384. The maximum Gasteiger partial charge on any atom is 0.391 e. The molecule has 2 rings (SSSR count). The highest BCUT2D eigenvalue weighted by Gasteiger charge is 2.41. The van der Waals surface area contributed by atoms with Crippen LogP contribution in [0.2, 0.25) is 0 Å². The maximum atomic E-state index is 12.7. The van der Waals surface area contributed by atoms with Crippen LogP contribution < -0.4 is 5.32 Å². The van der Waals surface area contributed by atoms with Crippen molar-refractivity contribution >= 4 is 5.69 Å². The Morgan fingerprint density at radius 2 is 2.10 bits per heavy atom. The molecular weight excluding hydrogens is 285 g/mol. The van der Waals surface area contributed by atoms with Crippen LogP contribution in [0.4, 0.5) is 18.9 Å². The van der Waals surface area contributed by atoms with Gasteiger partial charge in [0.25, 0.3) is 5.69 Å². The standard InChI is InChI=1S/C14H17F3N2O2/c15-14(16,17)11-4-2-5-12(8-11)18-9-10-3-1-6-13(7-10)19(20)21/h1,3,6-7,11-12,18H,2,4-5,8-9H2. The molecule has 1 aromatic carbocycles. The highest BCUT2D eigenvalue weighted by molar-refractivity contribution is 5.34. The van der Waals surface area contributed by atoms with Gasteiger partial charge in [-0.2, -0.15) is 13.2 Å². The Morgan fingerprint density at radius 3 is 2.76 bits per heavy atom. The third-order valence-electron chi connectivity index (χ3n) is 3.85. The summed E-state index contributed by atoms with van der Waals surface area (Å²) in [5, 5.41) is 13.8. The molecule has 1 aliphatic rings. The van der Waals surface area contributed by atoms with Crippen LogP contribution in [0.5, 0.6) is 0 Å². The van der Waals surface area contributed by atoms with Crippen LogP contribution in [0.1, 0.15) is 31.2 Å². The molecule has 1 aromatic rings. The lowest BCUT2D eigenvalue weighted by Gasteiger charge is -2.31. The summed E-state index contributed by atoms with van der Waals surface area (Å²) in [6.07, 6.45) is -2.60. The molecule has 0 saturated heterocycles. The average molecular weight is 302 g/mol. The summed E-state index contributed by atoms with van der Waals surface area (Å²) in [4.78, 5) is 10.2. The molecule has 21 heavy (non-hydrogen) atoms. The zero-order valence-electron chi connectivity index (χ0n) is 11.4. The van der Waals surface area contributed by atoms with Gasteiger partial charge in [0, 0.05) is 24.7 Å². The second-order valence-electron chi connectivity index (χ2n) is 5.41. The number of halogens is 3. The smallest absolute Gasteiger partial charge is 0.310 e. The second kappa shape index (κ2) is 6.43. The molecule has 4 nitrogen and oxygen atoms in total. The van der Waals surface area contributed by atoms with Gasteiger partial charge in [-0.15, -0.1) is 0 Å². The van der Waals surface area contributed by atoms with E-state index in [1.165, 1.54) is 12.1 Å². The van der Waals surface area contributed by atoms with E-state index in [-0.39, 0.29) is 24.6 Å².